The summed E-state index contributed by atoms with van der Waals surface area (Å²) in [5, 5.41) is 3.31. The number of ether oxygens (including phenoxy) is 2. The molecule has 32 heavy (non-hydrogen) atoms. The summed E-state index contributed by atoms with van der Waals surface area (Å²) in [5.74, 6) is -0.319. The van der Waals surface area contributed by atoms with Gasteiger partial charge in [-0.2, -0.15) is 0 Å². The van der Waals surface area contributed by atoms with Crippen LogP contribution >= 0.6 is 11.3 Å². The SMILES string of the molecule is CCCOc1ccc(C(=O)Nc2sc(C)c(-c3ccc(C)c(C)c3)c2C(=O)OC)cc1N. The molecule has 7 heteroatoms. The lowest BCUT2D eigenvalue weighted by molar-refractivity contribution is 0.0603. The highest BCUT2D eigenvalue weighted by molar-refractivity contribution is 7.17. The van der Waals surface area contributed by atoms with Gasteiger partial charge in [-0.3, -0.25) is 4.79 Å². The Kier molecular flexibility index (Phi) is 7.20. The fourth-order valence-electron chi connectivity index (χ4n) is 3.38. The zero-order chi connectivity index (χ0) is 23.4. The number of nitrogen functional groups attached to an aromatic ring is 1. The Morgan fingerprint density at radius 1 is 1.06 bits per heavy atom. The number of hydrogen-bond donors (Lipinski definition) is 2. The van der Waals surface area contributed by atoms with Crippen LogP contribution in [0.1, 0.15) is 50.1 Å². The molecule has 3 rings (SSSR count). The molecule has 6 nitrogen and oxygen atoms in total. The predicted molar refractivity (Wildman–Crippen MR) is 130 cm³/mol. The minimum absolute atomic E-state index is 0.350. The van der Waals surface area contributed by atoms with Crippen molar-refractivity contribution in [2.24, 2.45) is 0 Å². The molecule has 1 heterocycles. The van der Waals surface area contributed by atoms with Crippen LogP contribution in [0.2, 0.25) is 0 Å². The van der Waals surface area contributed by atoms with Crippen LogP contribution in [-0.4, -0.2) is 25.6 Å². The molecule has 0 fully saturated rings. The van der Waals surface area contributed by atoms with Crippen LogP contribution in [0.25, 0.3) is 11.1 Å². The number of esters is 1. The van der Waals surface area contributed by atoms with Crippen LogP contribution < -0.4 is 15.8 Å². The summed E-state index contributed by atoms with van der Waals surface area (Å²) in [7, 11) is 1.33. The molecule has 0 unspecified atom stereocenters. The Hall–Kier alpha value is -3.32. The second-order valence-corrected chi connectivity index (χ2v) is 8.81. The number of rotatable bonds is 7. The number of thiophene rings is 1. The maximum atomic E-state index is 13.0. The Morgan fingerprint density at radius 2 is 1.81 bits per heavy atom. The standard InChI is InChI=1S/C25H28N2O4S/c1-6-11-31-20-10-9-18(13-19(20)26)23(28)27-24-22(25(29)30-5)21(16(4)32-24)17-8-7-14(2)15(3)12-17/h7-10,12-13H,6,11,26H2,1-5H3,(H,27,28). The highest BCUT2D eigenvalue weighted by Gasteiger charge is 2.25. The Labute approximate surface area is 192 Å². The molecule has 1 amide bonds. The fraction of sp³-hybridized carbons (Fsp3) is 0.280. The van der Waals surface area contributed by atoms with Crippen molar-refractivity contribution in [2.45, 2.75) is 34.1 Å². The summed E-state index contributed by atoms with van der Waals surface area (Å²) >= 11 is 1.34. The Bertz CT molecular complexity index is 1170. The smallest absolute Gasteiger partial charge is 0.341 e. The zero-order valence-electron chi connectivity index (χ0n) is 19.0. The molecule has 3 N–H and O–H groups in total. The van der Waals surface area contributed by atoms with E-state index in [1.807, 2.05) is 45.9 Å². The molecule has 0 bridgehead atoms. The van der Waals surface area contributed by atoms with Crippen molar-refractivity contribution >= 4 is 33.9 Å². The first-order valence-corrected chi connectivity index (χ1v) is 11.2. The van der Waals surface area contributed by atoms with Gasteiger partial charge in [-0.15, -0.1) is 11.3 Å². The molecular weight excluding hydrogens is 424 g/mol. The van der Waals surface area contributed by atoms with E-state index in [0.29, 0.717) is 34.2 Å². The number of methoxy groups -OCH3 is 1. The van der Waals surface area contributed by atoms with Crippen molar-refractivity contribution in [3.63, 3.8) is 0 Å². The highest BCUT2D eigenvalue weighted by Crippen LogP contribution is 2.41. The molecule has 2 aromatic carbocycles. The maximum Gasteiger partial charge on any atom is 0.341 e. The number of carbonyl (C=O) groups excluding carboxylic acids is 2. The van der Waals surface area contributed by atoms with Crippen molar-refractivity contribution < 1.29 is 19.1 Å². The van der Waals surface area contributed by atoms with Crippen LogP contribution in [0.15, 0.2) is 36.4 Å². The van der Waals surface area contributed by atoms with Gasteiger partial charge in [0, 0.05) is 16.0 Å². The van der Waals surface area contributed by atoms with Gasteiger partial charge in [0.15, 0.2) is 0 Å². The lowest BCUT2D eigenvalue weighted by Gasteiger charge is -2.11. The Balaban J connectivity index is 1.98. The number of aryl methyl sites for hydroxylation is 3. The fourth-order valence-corrected chi connectivity index (χ4v) is 4.44. The quantitative estimate of drug-likeness (QED) is 0.352. The monoisotopic (exact) mass is 452 g/mol. The molecule has 0 spiro atoms. The first kappa shape index (κ1) is 23.3. The van der Waals surface area contributed by atoms with E-state index in [2.05, 4.69) is 5.32 Å². The summed E-state index contributed by atoms with van der Waals surface area (Å²) in [4.78, 5) is 26.6. The lowest BCUT2D eigenvalue weighted by Crippen LogP contribution is -2.14. The van der Waals surface area contributed by atoms with Gasteiger partial charge < -0.3 is 20.5 Å². The highest BCUT2D eigenvalue weighted by atomic mass is 32.1. The summed E-state index contributed by atoms with van der Waals surface area (Å²) in [6.07, 6.45) is 0.860. The van der Waals surface area contributed by atoms with Gasteiger partial charge in [0.05, 0.1) is 19.4 Å². The number of carbonyl (C=O) groups is 2. The van der Waals surface area contributed by atoms with Crippen molar-refractivity contribution in [1.29, 1.82) is 0 Å². The largest absolute Gasteiger partial charge is 0.491 e. The van der Waals surface area contributed by atoms with E-state index in [0.717, 1.165) is 28.0 Å². The third-order valence-electron chi connectivity index (χ3n) is 5.23. The molecule has 0 aliphatic carbocycles. The van der Waals surface area contributed by atoms with Crippen molar-refractivity contribution in [1.82, 2.24) is 0 Å². The molecule has 168 valence electrons. The first-order valence-electron chi connectivity index (χ1n) is 10.4. The van der Waals surface area contributed by atoms with Crippen LogP contribution in [0.5, 0.6) is 5.75 Å². The third kappa shape index (κ3) is 4.78. The molecule has 3 aromatic rings. The average Bonchev–Trinajstić information content (AvgIpc) is 3.09. The summed E-state index contributed by atoms with van der Waals surface area (Å²) in [5.41, 5.74) is 11.1. The van der Waals surface area contributed by atoms with E-state index < -0.39 is 5.97 Å². The molecule has 0 saturated heterocycles. The van der Waals surface area contributed by atoms with Crippen LogP contribution in [-0.2, 0) is 4.74 Å². The zero-order valence-corrected chi connectivity index (χ0v) is 19.8. The van der Waals surface area contributed by atoms with E-state index in [-0.39, 0.29) is 5.91 Å². The van der Waals surface area contributed by atoms with Gasteiger partial charge in [0.25, 0.3) is 5.91 Å². The normalized spacial score (nSPS) is 10.7. The molecule has 1 aromatic heterocycles. The predicted octanol–water partition coefficient (Wildman–Crippen LogP) is 5.75. The van der Waals surface area contributed by atoms with E-state index >= 15 is 0 Å². The van der Waals surface area contributed by atoms with E-state index in [1.54, 1.807) is 18.2 Å². The average molecular weight is 453 g/mol. The molecule has 0 atom stereocenters. The van der Waals surface area contributed by atoms with Crippen LogP contribution in [0.3, 0.4) is 0 Å². The van der Waals surface area contributed by atoms with E-state index in [1.165, 1.54) is 24.0 Å². The molecule has 0 radical (unpaired) electrons. The van der Waals surface area contributed by atoms with Gasteiger partial charge in [0.1, 0.15) is 16.3 Å². The van der Waals surface area contributed by atoms with Gasteiger partial charge >= 0.3 is 5.97 Å². The number of hydrogen-bond acceptors (Lipinski definition) is 6. The first-order chi connectivity index (χ1) is 15.3. The van der Waals surface area contributed by atoms with Crippen molar-refractivity contribution in [3.05, 3.63) is 63.5 Å². The number of nitrogens with one attached hydrogen (secondary N) is 1. The number of benzene rings is 2. The molecule has 0 aliphatic heterocycles. The van der Waals surface area contributed by atoms with Crippen LogP contribution in [0, 0.1) is 20.8 Å². The Morgan fingerprint density at radius 3 is 2.44 bits per heavy atom. The van der Waals surface area contributed by atoms with Crippen molar-refractivity contribution in [2.75, 3.05) is 24.8 Å². The van der Waals surface area contributed by atoms with Crippen molar-refractivity contribution in [3.8, 4) is 16.9 Å². The van der Waals surface area contributed by atoms with Gasteiger partial charge in [0.2, 0.25) is 0 Å². The molecule has 0 saturated carbocycles. The second kappa shape index (κ2) is 9.87. The van der Waals surface area contributed by atoms with Crippen LogP contribution in [0.4, 0.5) is 10.7 Å². The summed E-state index contributed by atoms with van der Waals surface area (Å²) in [6.45, 7) is 8.55. The minimum atomic E-state index is -0.499. The minimum Gasteiger partial charge on any atom is -0.491 e. The summed E-state index contributed by atoms with van der Waals surface area (Å²) in [6, 6.07) is 10.9. The topological polar surface area (TPSA) is 90.6 Å². The number of nitrogens with two attached hydrogens (primary N) is 1. The molecule has 0 aliphatic rings. The number of amides is 1. The third-order valence-corrected chi connectivity index (χ3v) is 6.25. The van der Waals surface area contributed by atoms with Gasteiger partial charge in [-0.25, -0.2) is 4.79 Å². The number of anilines is 2. The maximum absolute atomic E-state index is 13.0. The summed E-state index contributed by atoms with van der Waals surface area (Å²) < 4.78 is 10.6. The van der Waals surface area contributed by atoms with E-state index in [9.17, 15) is 9.59 Å². The lowest BCUT2D eigenvalue weighted by atomic mass is 9.97. The molecular formula is C25H28N2O4S. The van der Waals surface area contributed by atoms with E-state index in [4.69, 9.17) is 15.2 Å². The van der Waals surface area contributed by atoms with Gasteiger partial charge in [-0.1, -0.05) is 25.1 Å². The second-order valence-electron chi connectivity index (χ2n) is 7.58. The van der Waals surface area contributed by atoms with Gasteiger partial charge in [-0.05, 0) is 62.1 Å².